The molecule has 0 aromatic heterocycles. The van der Waals surface area contributed by atoms with Gasteiger partial charge in [-0.3, -0.25) is 9.59 Å². The number of carbonyl (C=O) groups excluding carboxylic acids is 2. The summed E-state index contributed by atoms with van der Waals surface area (Å²) < 4.78 is 11.5. The van der Waals surface area contributed by atoms with Gasteiger partial charge >= 0.3 is 0 Å². The maximum absolute atomic E-state index is 13.3. The van der Waals surface area contributed by atoms with Crippen LogP contribution in [-0.2, 0) is 19.1 Å². The van der Waals surface area contributed by atoms with Crippen LogP contribution in [0.2, 0.25) is 0 Å². The summed E-state index contributed by atoms with van der Waals surface area (Å²) in [6, 6.07) is 0. The van der Waals surface area contributed by atoms with Gasteiger partial charge in [0.05, 0.1) is 13.2 Å². The molecule has 6 unspecified atom stereocenters. The van der Waals surface area contributed by atoms with Crippen molar-refractivity contribution in [1.29, 1.82) is 0 Å². The van der Waals surface area contributed by atoms with Crippen molar-refractivity contribution < 1.29 is 19.1 Å². The molecule has 1 saturated heterocycles. The smallest absolute Gasteiger partial charge is 0.158 e. The van der Waals surface area contributed by atoms with Gasteiger partial charge in [-0.05, 0) is 66.6 Å². The summed E-state index contributed by atoms with van der Waals surface area (Å²) >= 11 is 0. The molecule has 4 nitrogen and oxygen atoms in total. The SMILES string of the molecule is CC.CC.CC.CC.CC.CC12CCC(=O)CC1CC(=O)C1C2CCC2(C)C1CC[C@@H]2CC1OCCO1. The van der Waals surface area contributed by atoms with E-state index in [4.69, 9.17) is 9.47 Å². The highest BCUT2D eigenvalue weighted by molar-refractivity contribution is 5.86. The van der Waals surface area contributed by atoms with Crippen molar-refractivity contribution in [3.8, 4) is 0 Å². The first-order valence-corrected chi connectivity index (χ1v) is 16.2. The van der Waals surface area contributed by atoms with E-state index in [1.807, 2.05) is 69.2 Å². The van der Waals surface area contributed by atoms with Gasteiger partial charge in [-0.15, -0.1) is 0 Å². The summed E-state index contributed by atoms with van der Waals surface area (Å²) in [6.07, 6.45) is 8.76. The molecule has 4 saturated carbocycles. The molecular weight excluding hydrogens is 460 g/mol. The van der Waals surface area contributed by atoms with E-state index >= 15 is 0 Å². The van der Waals surface area contributed by atoms with Gasteiger partial charge in [0, 0.05) is 31.6 Å². The minimum Gasteiger partial charge on any atom is -0.350 e. The monoisotopic (exact) mass is 524 g/mol. The average Bonchev–Trinajstić information content (AvgIpc) is 3.59. The topological polar surface area (TPSA) is 52.6 Å². The summed E-state index contributed by atoms with van der Waals surface area (Å²) in [5.74, 6) is 3.00. The molecular formula is C33H64O4. The minimum atomic E-state index is -0.0309. The summed E-state index contributed by atoms with van der Waals surface area (Å²) in [4.78, 5) is 25.3. The zero-order valence-electron chi connectivity index (χ0n) is 26.9. The lowest BCUT2D eigenvalue weighted by atomic mass is 9.44. The lowest BCUT2D eigenvalue weighted by Gasteiger charge is -2.59. The molecule has 0 radical (unpaired) electrons. The second-order valence-electron chi connectivity index (χ2n) is 10.6. The van der Waals surface area contributed by atoms with Gasteiger partial charge in [0.1, 0.15) is 11.6 Å². The molecule has 4 aliphatic carbocycles. The van der Waals surface area contributed by atoms with E-state index in [1.165, 1.54) is 19.3 Å². The second kappa shape index (κ2) is 17.8. The van der Waals surface area contributed by atoms with E-state index in [9.17, 15) is 9.59 Å². The number of rotatable bonds is 2. The van der Waals surface area contributed by atoms with E-state index in [0.29, 0.717) is 48.1 Å². The predicted molar refractivity (Wildman–Crippen MR) is 158 cm³/mol. The molecule has 7 atom stereocenters. The van der Waals surface area contributed by atoms with Crippen molar-refractivity contribution in [3.63, 3.8) is 0 Å². The fourth-order valence-electron chi connectivity index (χ4n) is 8.00. The number of carbonyl (C=O) groups is 2. The Balaban J connectivity index is 0.00000117. The largest absolute Gasteiger partial charge is 0.350 e. The normalized spacial score (nSPS) is 37.6. The van der Waals surface area contributed by atoms with Gasteiger partial charge in [-0.1, -0.05) is 83.1 Å². The molecule has 0 spiro atoms. The predicted octanol–water partition coefficient (Wildman–Crippen LogP) is 9.29. The molecule has 1 heterocycles. The first-order chi connectivity index (χ1) is 17.9. The van der Waals surface area contributed by atoms with Crippen LogP contribution in [0.3, 0.4) is 0 Å². The van der Waals surface area contributed by atoms with E-state index in [2.05, 4.69) is 13.8 Å². The Labute approximate surface area is 231 Å². The Hall–Kier alpha value is -0.740. The zero-order chi connectivity index (χ0) is 28.8. The molecule has 0 N–H and O–H groups in total. The Bertz CT molecular complexity index is 640. The molecule has 0 aromatic carbocycles. The number of Topliss-reactive ketones (excluding diaryl/α,β-unsaturated/α-hetero) is 2. The molecule has 5 fully saturated rings. The Morgan fingerprint density at radius 2 is 1.24 bits per heavy atom. The molecule has 220 valence electrons. The maximum Gasteiger partial charge on any atom is 0.158 e. The van der Waals surface area contributed by atoms with Crippen molar-refractivity contribution >= 4 is 11.6 Å². The van der Waals surface area contributed by atoms with Crippen LogP contribution < -0.4 is 0 Å². The third-order valence-corrected chi connectivity index (χ3v) is 9.65. The average molecular weight is 525 g/mol. The molecule has 37 heavy (non-hydrogen) atoms. The van der Waals surface area contributed by atoms with Crippen LogP contribution in [0.25, 0.3) is 0 Å². The van der Waals surface area contributed by atoms with Crippen molar-refractivity contribution in [2.75, 3.05) is 13.2 Å². The highest BCUT2D eigenvalue weighted by atomic mass is 16.7. The van der Waals surface area contributed by atoms with Crippen LogP contribution in [0.1, 0.15) is 141 Å². The Morgan fingerprint density at radius 3 is 1.81 bits per heavy atom. The van der Waals surface area contributed by atoms with Crippen molar-refractivity contribution in [1.82, 2.24) is 0 Å². The van der Waals surface area contributed by atoms with Crippen molar-refractivity contribution in [3.05, 3.63) is 0 Å². The van der Waals surface area contributed by atoms with Crippen LogP contribution in [0.5, 0.6) is 0 Å². The number of ether oxygens (including phenoxy) is 2. The number of fused-ring (bicyclic) bond motifs is 5. The third kappa shape index (κ3) is 7.68. The summed E-state index contributed by atoms with van der Waals surface area (Å²) in [5, 5.41) is 0. The lowest BCUT2D eigenvalue weighted by molar-refractivity contribution is -0.159. The standard InChI is InChI=1S/C23H34O4.5C2H6/c1-22-8-6-18-21(17(22)4-3-14(22)13-20-26-9-10-27-20)19(25)12-15-11-16(24)5-7-23(15,18)2;5*1-2/h14-15,17-18,20-21H,3-13H2,1-2H3;5*1-2H3/t14-,15?,17?,18?,21?,22?,23?;;;;;/m1...../s1. The van der Waals surface area contributed by atoms with Gasteiger partial charge in [-0.2, -0.15) is 0 Å². The van der Waals surface area contributed by atoms with Crippen LogP contribution in [0, 0.1) is 40.4 Å². The highest BCUT2D eigenvalue weighted by Gasteiger charge is 2.62. The van der Waals surface area contributed by atoms with E-state index in [-0.39, 0.29) is 23.0 Å². The quantitative estimate of drug-likeness (QED) is 0.361. The number of hydrogen-bond donors (Lipinski definition) is 0. The number of ketones is 2. The van der Waals surface area contributed by atoms with Crippen molar-refractivity contribution in [2.45, 2.75) is 147 Å². The fraction of sp³-hybridized carbons (Fsp3) is 0.939. The molecule has 5 aliphatic rings. The summed E-state index contributed by atoms with van der Waals surface area (Å²) in [7, 11) is 0. The lowest BCUT2D eigenvalue weighted by Crippen LogP contribution is -2.57. The van der Waals surface area contributed by atoms with Crippen molar-refractivity contribution in [2.24, 2.45) is 40.4 Å². The first kappa shape index (κ1) is 36.3. The van der Waals surface area contributed by atoms with Crippen LogP contribution in [-0.4, -0.2) is 31.1 Å². The van der Waals surface area contributed by atoms with E-state index in [0.717, 1.165) is 38.9 Å². The van der Waals surface area contributed by atoms with E-state index in [1.54, 1.807) is 0 Å². The van der Waals surface area contributed by atoms with Gasteiger partial charge in [-0.25, -0.2) is 0 Å². The van der Waals surface area contributed by atoms with Gasteiger partial charge in [0.15, 0.2) is 6.29 Å². The molecule has 4 heteroatoms. The molecule has 0 amide bonds. The van der Waals surface area contributed by atoms with Crippen LogP contribution in [0.15, 0.2) is 0 Å². The van der Waals surface area contributed by atoms with E-state index < -0.39 is 0 Å². The zero-order valence-corrected chi connectivity index (χ0v) is 26.9. The summed E-state index contributed by atoms with van der Waals surface area (Å²) in [5.41, 5.74) is 0.448. The maximum atomic E-state index is 13.3. The molecule has 0 bridgehead atoms. The van der Waals surface area contributed by atoms with Gasteiger partial charge in [0.25, 0.3) is 0 Å². The van der Waals surface area contributed by atoms with Gasteiger partial charge in [0.2, 0.25) is 0 Å². The fourth-order valence-corrected chi connectivity index (χ4v) is 8.00. The van der Waals surface area contributed by atoms with Crippen LogP contribution >= 0.6 is 0 Å². The minimum absolute atomic E-state index is 0.0309. The summed E-state index contributed by atoms with van der Waals surface area (Å²) in [6.45, 7) is 26.3. The molecule has 0 aromatic rings. The Kier molecular flexibility index (Phi) is 17.4. The van der Waals surface area contributed by atoms with Crippen LogP contribution in [0.4, 0.5) is 0 Å². The third-order valence-electron chi connectivity index (χ3n) is 9.65. The molecule has 1 aliphatic heterocycles. The Morgan fingerprint density at radius 1 is 0.703 bits per heavy atom. The first-order valence-electron chi connectivity index (χ1n) is 16.2. The van der Waals surface area contributed by atoms with Gasteiger partial charge < -0.3 is 9.47 Å². The second-order valence-corrected chi connectivity index (χ2v) is 10.6. The number of hydrogen-bond acceptors (Lipinski definition) is 4. The molecule has 5 rings (SSSR count). The highest BCUT2D eigenvalue weighted by Crippen LogP contribution is 2.67.